The van der Waals surface area contributed by atoms with Crippen LogP contribution in [-0.2, 0) is 0 Å². The first kappa shape index (κ1) is 11.4. The van der Waals surface area contributed by atoms with Gasteiger partial charge in [0.05, 0.1) is 0 Å². The Balaban J connectivity index is 1.83. The molecule has 2 rings (SSSR count). The van der Waals surface area contributed by atoms with Crippen molar-refractivity contribution in [1.82, 2.24) is 10.2 Å². The SMILES string of the molecule is CC(CN1CCCNC(C)(C)C1)C1CC1. The largest absolute Gasteiger partial charge is 0.310 e. The Bertz CT molecular complexity index is 209. The van der Waals surface area contributed by atoms with Gasteiger partial charge in [-0.15, -0.1) is 0 Å². The second-order valence-corrected chi connectivity index (χ2v) is 6.21. The minimum atomic E-state index is 0.305. The van der Waals surface area contributed by atoms with E-state index in [0.29, 0.717) is 5.54 Å². The zero-order valence-corrected chi connectivity index (χ0v) is 10.6. The van der Waals surface area contributed by atoms with Crippen LogP contribution in [0.3, 0.4) is 0 Å². The summed E-state index contributed by atoms with van der Waals surface area (Å²) in [6, 6.07) is 0. The van der Waals surface area contributed by atoms with Gasteiger partial charge in [-0.1, -0.05) is 6.92 Å². The molecule has 88 valence electrons. The zero-order valence-electron chi connectivity index (χ0n) is 10.6. The van der Waals surface area contributed by atoms with Crippen molar-refractivity contribution in [3.8, 4) is 0 Å². The molecule has 2 heteroatoms. The Morgan fingerprint density at radius 3 is 2.80 bits per heavy atom. The van der Waals surface area contributed by atoms with Crippen LogP contribution in [0.1, 0.15) is 40.0 Å². The van der Waals surface area contributed by atoms with Crippen LogP contribution < -0.4 is 5.32 Å². The van der Waals surface area contributed by atoms with Gasteiger partial charge in [0, 0.05) is 18.6 Å². The van der Waals surface area contributed by atoms with Crippen molar-refractivity contribution >= 4 is 0 Å². The van der Waals surface area contributed by atoms with Gasteiger partial charge < -0.3 is 10.2 Å². The minimum Gasteiger partial charge on any atom is -0.310 e. The molecule has 0 amide bonds. The maximum Gasteiger partial charge on any atom is 0.0252 e. The highest BCUT2D eigenvalue weighted by atomic mass is 15.2. The van der Waals surface area contributed by atoms with E-state index in [1.807, 2.05) is 0 Å². The van der Waals surface area contributed by atoms with Crippen LogP contribution in [0.5, 0.6) is 0 Å². The molecule has 0 aromatic carbocycles. The molecule has 0 bridgehead atoms. The van der Waals surface area contributed by atoms with Crippen LogP contribution in [0.15, 0.2) is 0 Å². The predicted octanol–water partition coefficient (Wildman–Crippen LogP) is 2.11. The summed E-state index contributed by atoms with van der Waals surface area (Å²) in [7, 11) is 0. The molecule has 2 nitrogen and oxygen atoms in total. The van der Waals surface area contributed by atoms with E-state index in [9.17, 15) is 0 Å². The number of nitrogens with zero attached hydrogens (tertiary/aromatic N) is 1. The quantitative estimate of drug-likeness (QED) is 0.767. The highest BCUT2D eigenvalue weighted by Gasteiger charge is 2.31. The normalized spacial score (nSPS) is 29.8. The summed E-state index contributed by atoms with van der Waals surface area (Å²) in [5, 5.41) is 3.63. The van der Waals surface area contributed by atoms with E-state index in [4.69, 9.17) is 0 Å². The third-order valence-electron chi connectivity index (χ3n) is 3.85. The molecule has 1 atom stereocenters. The topological polar surface area (TPSA) is 15.3 Å². The molecule has 15 heavy (non-hydrogen) atoms. The fraction of sp³-hybridized carbons (Fsp3) is 1.00. The number of hydrogen-bond acceptors (Lipinski definition) is 2. The second kappa shape index (κ2) is 4.42. The summed E-state index contributed by atoms with van der Waals surface area (Å²) in [5.41, 5.74) is 0.305. The van der Waals surface area contributed by atoms with Crippen LogP contribution in [0, 0.1) is 11.8 Å². The van der Waals surface area contributed by atoms with Gasteiger partial charge in [-0.05, 0) is 58.0 Å². The predicted molar refractivity (Wildman–Crippen MR) is 65.0 cm³/mol. The van der Waals surface area contributed by atoms with Crippen molar-refractivity contribution in [2.75, 3.05) is 26.2 Å². The first-order chi connectivity index (χ1) is 7.07. The van der Waals surface area contributed by atoms with Crippen LogP contribution >= 0.6 is 0 Å². The van der Waals surface area contributed by atoms with Crippen LogP contribution in [0.4, 0.5) is 0 Å². The molecular weight excluding hydrogens is 184 g/mol. The molecule has 0 spiro atoms. The van der Waals surface area contributed by atoms with E-state index in [0.717, 1.165) is 11.8 Å². The highest BCUT2D eigenvalue weighted by Crippen LogP contribution is 2.37. The third kappa shape index (κ3) is 3.46. The minimum absolute atomic E-state index is 0.305. The van der Waals surface area contributed by atoms with Gasteiger partial charge >= 0.3 is 0 Å². The van der Waals surface area contributed by atoms with Crippen molar-refractivity contribution < 1.29 is 0 Å². The molecule has 2 aliphatic rings. The molecule has 1 aliphatic heterocycles. The lowest BCUT2D eigenvalue weighted by Gasteiger charge is -2.31. The van der Waals surface area contributed by atoms with Crippen LogP contribution in [0.25, 0.3) is 0 Å². The maximum atomic E-state index is 3.63. The van der Waals surface area contributed by atoms with Gasteiger partial charge in [-0.25, -0.2) is 0 Å². The van der Waals surface area contributed by atoms with Gasteiger partial charge in [0.2, 0.25) is 0 Å². The second-order valence-electron chi connectivity index (χ2n) is 6.21. The van der Waals surface area contributed by atoms with Crippen molar-refractivity contribution in [3.05, 3.63) is 0 Å². The summed E-state index contributed by atoms with van der Waals surface area (Å²) < 4.78 is 0. The van der Waals surface area contributed by atoms with Gasteiger partial charge in [-0.2, -0.15) is 0 Å². The average Bonchev–Trinajstić information content (AvgIpc) is 2.92. The van der Waals surface area contributed by atoms with Crippen molar-refractivity contribution in [3.63, 3.8) is 0 Å². The summed E-state index contributed by atoms with van der Waals surface area (Å²) in [6.07, 6.45) is 4.27. The zero-order chi connectivity index (χ0) is 10.9. The summed E-state index contributed by atoms with van der Waals surface area (Å²) in [5.74, 6) is 1.96. The van der Waals surface area contributed by atoms with Crippen molar-refractivity contribution in [2.24, 2.45) is 11.8 Å². The number of hydrogen-bond donors (Lipinski definition) is 1. The number of rotatable bonds is 3. The first-order valence-electron chi connectivity index (χ1n) is 6.54. The lowest BCUT2D eigenvalue weighted by molar-refractivity contribution is 0.197. The highest BCUT2D eigenvalue weighted by molar-refractivity contribution is 4.87. The molecular formula is C13H26N2. The summed E-state index contributed by atoms with van der Waals surface area (Å²) in [4.78, 5) is 2.67. The molecule has 0 aromatic rings. The molecule has 1 heterocycles. The summed E-state index contributed by atoms with van der Waals surface area (Å²) in [6.45, 7) is 12.1. The van der Waals surface area contributed by atoms with E-state index in [-0.39, 0.29) is 0 Å². The van der Waals surface area contributed by atoms with E-state index < -0.39 is 0 Å². The Hall–Kier alpha value is -0.0800. The number of nitrogens with one attached hydrogen (secondary N) is 1. The molecule has 0 aromatic heterocycles. The molecule has 1 aliphatic carbocycles. The smallest absolute Gasteiger partial charge is 0.0252 e. The Kier molecular flexibility index (Phi) is 3.36. The Labute approximate surface area is 94.4 Å². The standard InChI is InChI=1S/C13H26N2/c1-11(12-5-6-12)9-15-8-4-7-14-13(2,3)10-15/h11-12,14H,4-10H2,1-3H3. The van der Waals surface area contributed by atoms with E-state index in [1.165, 1.54) is 45.4 Å². The summed E-state index contributed by atoms with van der Waals surface area (Å²) >= 11 is 0. The lowest BCUT2D eigenvalue weighted by Crippen LogP contribution is -2.47. The molecule has 2 fully saturated rings. The fourth-order valence-electron chi connectivity index (χ4n) is 2.80. The van der Waals surface area contributed by atoms with Gasteiger partial charge in [0.25, 0.3) is 0 Å². The van der Waals surface area contributed by atoms with Crippen LogP contribution in [-0.4, -0.2) is 36.6 Å². The van der Waals surface area contributed by atoms with Gasteiger partial charge in [0.1, 0.15) is 0 Å². The van der Waals surface area contributed by atoms with Crippen molar-refractivity contribution in [1.29, 1.82) is 0 Å². The Morgan fingerprint density at radius 1 is 1.40 bits per heavy atom. The Morgan fingerprint density at radius 2 is 2.13 bits per heavy atom. The average molecular weight is 210 g/mol. The molecule has 1 unspecified atom stereocenters. The first-order valence-corrected chi connectivity index (χ1v) is 6.54. The maximum absolute atomic E-state index is 3.63. The molecule has 0 radical (unpaired) electrons. The molecule has 1 saturated heterocycles. The van der Waals surface area contributed by atoms with Crippen molar-refractivity contribution in [2.45, 2.75) is 45.6 Å². The van der Waals surface area contributed by atoms with E-state index >= 15 is 0 Å². The van der Waals surface area contributed by atoms with Crippen LogP contribution in [0.2, 0.25) is 0 Å². The molecule has 1 N–H and O–H groups in total. The van der Waals surface area contributed by atoms with Gasteiger partial charge in [-0.3, -0.25) is 0 Å². The van der Waals surface area contributed by atoms with E-state index in [2.05, 4.69) is 31.0 Å². The fourth-order valence-corrected chi connectivity index (χ4v) is 2.80. The van der Waals surface area contributed by atoms with Gasteiger partial charge in [0.15, 0.2) is 0 Å². The molecule has 1 saturated carbocycles. The third-order valence-corrected chi connectivity index (χ3v) is 3.85. The van der Waals surface area contributed by atoms with E-state index in [1.54, 1.807) is 0 Å². The lowest BCUT2D eigenvalue weighted by atomic mass is 10.0. The monoisotopic (exact) mass is 210 g/mol.